The second-order valence-corrected chi connectivity index (χ2v) is 7.29. The molecular formula is C18H27N5O. The molecule has 1 aliphatic heterocycles. The summed E-state index contributed by atoms with van der Waals surface area (Å²) in [5, 5.41) is 8.76. The van der Waals surface area contributed by atoms with Crippen molar-refractivity contribution in [1.29, 1.82) is 0 Å². The number of aromatic nitrogens is 3. The third-order valence-corrected chi connectivity index (χ3v) is 5.44. The van der Waals surface area contributed by atoms with Gasteiger partial charge in [-0.3, -0.25) is 4.40 Å². The number of rotatable bonds is 3. The first kappa shape index (κ1) is 15.7. The summed E-state index contributed by atoms with van der Waals surface area (Å²) >= 11 is 0. The summed E-state index contributed by atoms with van der Waals surface area (Å²) in [5.41, 5.74) is 6.86. The molecule has 0 unspecified atom stereocenters. The fourth-order valence-electron chi connectivity index (χ4n) is 3.92. The summed E-state index contributed by atoms with van der Waals surface area (Å²) in [6, 6.07) is 4.85. The molecule has 1 atom stereocenters. The summed E-state index contributed by atoms with van der Waals surface area (Å²) in [4.78, 5) is 2.37. The summed E-state index contributed by atoms with van der Waals surface area (Å²) < 4.78 is 8.27. The number of piperidine rings is 1. The van der Waals surface area contributed by atoms with E-state index in [1.165, 1.54) is 19.3 Å². The average molecular weight is 329 g/mol. The Kier molecular flexibility index (Phi) is 4.31. The predicted octanol–water partition coefficient (Wildman–Crippen LogP) is 2.76. The Morgan fingerprint density at radius 3 is 2.71 bits per heavy atom. The van der Waals surface area contributed by atoms with Crippen LogP contribution in [0.15, 0.2) is 18.3 Å². The zero-order chi connectivity index (χ0) is 16.5. The maximum atomic E-state index is 6.20. The number of fused-ring (bicyclic) bond motifs is 1. The van der Waals surface area contributed by atoms with E-state index in [-0.39, 0.29) is 6.10 Å². The molecule has 3 heterocycles. The largest absolute Gasteiger partial charge is 0.489 e. The van der Waals surface area contributed by atoms with Gasteiger partial charge in [-0.05, 0) is 64.0 Å². The topological polar surface area (TPSA) is 68.7 Å². The van der Waals surface area contributed by atoms with Crippen molar-refractivity contribution in [3.05, 3.63) is 18.3 Å². The number of nitrogens with zero attached hydrogens (tertiary/aromatic N) is 4. The molecule has 4 rings (SSSR count). The Morgan fingerprint density at radius 2 is 1.92 bits per heavy atom. The highest BCUT2D eigenvalue weighted by molar-refractivity contribution is 5.49. The SMILES string of the molecule is C[C@H]1CCCCN1c1nnc2ccc(O[C@H]3CC[C@H](N)CC3)cn12. The molecule has 0 radical (unpaired) electrons. The van der Waals surface area contributed by atoms with E-state index in [0.717, 1.165) is 49.6 Å². The maximum absolute atomic E-state index is 6.20. The minimum atomic E-state index is 0.274. The van der Waals surface area contributed by atoms with Crippen molar-refractivity contribution < 1.29 is 4.74 Å². The van der Waals surface area contributed by atoms with Gasteiger partial charge in [0.15, 0.2) is 5.65 Å². The first-order valence-corrected chi connectivity index (χ1v) is 9.24. The minimum absolute atomic E-state index is 0.274. The molecule has 6 nitrogen and oxygen atoms in total. The van der Waals surface area contributed by atoms with Gasteiger partial charge in [0, 0.05) is 18.6 Å². The van der Waals surface area contributed by atoms with Crippen LogP contribution in [0.5, 0.6) is 5.75 Å². The van der Waals surface area contributed by atoms with Crippen LogP contribution in [-0.4, -0.2) is 39.3 Å². The summed E-state index contributed by atoms with van der Waals surface area (Å²) in [5.74, 6) is 1.84. The molecule has 1 saturated heterocycles. The quantitative estimate of drug-likeness (QED) is 0.938. The smallest absolute Gasteiger partial charge is 0.232 e. The number of nitrogens with two attached hydrogens (primary N) is 1. The van der Waals surface area contributed by atoms with Crippen molar-refractivity contribution in [2.45, 2.75) is 70.1 Å². The Balaban J connectivity index is 1.56. The third kappa shape index (κ3) is 3.07. The Morgan fingerprint density at radius 1 is 1.08 bits per heavy atom. The first-order chi connectivity index (χ1) is 11.7. The monoisotopic (exact) mass is 329 g/mol. The van der Waals surface area contributed by atoms with Gasteiger partial charge >= 0.3 is 0 Å². The molecule has 1 saturated carbocycles. The van der Waals surface area contributed by atoms with Gasteiger partial charge in [0.2, 0.25) is 5.95 Å². The van der Waals surface area contributed by atoms with Crippen LogP contribution in [0, 0.1) is 0 Å². The normalized spacial score (nSPS) is 28.2. The van der Waals surface area contributed by atoms with Gasteiger partial charge in [-0.15, -0.1) is 10.2 Å². The molecule has 0 bridgehead atoms. The maximum Gasteiger partial charge on any atom is 0.232 e. The van der Waals surface area contributed by atoms with Crippen LogP contribution in [-0.2, 0) is 0 Å². The number of hydrogen-bond acceptors (Lipinski definition) is 5. The van der Waals surface area contributed by atoms with Crippen molar-refractivity contribution in [1.82, 2.24) is 14.6 Å². The second-order valence-electron chi connectivity index (χ2n) is 7.29. The molecule has 24 heavy (non-hydrogen) atoms. The number of ether oxygens (including phenoxy) is 1. The average Bonchev–Trinajstić information content (AvgIpc) is 3.00. The lowest BCUT2D eigenvalue weighted by atomic mass is 9.94. The van der Waals surface area contributed by atoms with Crippen LogP contribution in [0.3, 0.4) is 0 Å². The molecule has 2 aliphatic rings. The molecular weight excluding hydrogens is 302 g/mol. The van der Waals surface area contributed by atoms with E-state index < -0.39 is 0 Å². The van der Waals surface area contributed by atoms with Crippen LogP contribution in [0.4, 0.5) is 5.95 Å². The first-order valence-electron chi connectivity index (χ1n) is 9.24. The van der Waals surface area contributed by atoms with Gasteiger partial charge in [0.1, 0.15) is 5.75 Å². The van der Waals surface area contributed by atoms with E-state index in [2.05, 4.69) is 26.4 Å². The van der Waals surface area contributed by atoms with E-state index in [0.29, 0.717) is 12.1 Å². The highest BCUT2D eigenvalue weighted by Crippen LogP contribution is 2.27. The fourth-order valence-corrected chi connectivity index (χ4v) is 3.92. The molecule has 0 amide bonds. The number of hydrogen-bond donors (Lipinski definition) is 1. The molecule has 2 fully saturated rings. The summed E-state index contributed by atoms with van der Waals surface area (Å²) in [6.45, 7) is 3.32. The van der Waals surface area contributed by atoms with Crippen molar-refractivity contribution in [2.75, 3.05) is 11.4 Å². The Labute approximate surface area is 143 Å². The predicted molar refractivity (Wildman–Crippen MR) is 94.5 cm³/mol. The van der Waals surface area contributed by atoms with Crippen LogP contribution in [0.25, 0.3) is 5.65 Å². The fraction of sp³-hybridized carbons (Fsp3) is 0.667. The summed E-state index contributed by atoms with van der Waals surface area (Å²) in [6.07, 6.45) is 10.2. The van der Waals surface area contributed by atoms with Crippen LogP contribution in [0.1, 0.15) is 51.9 Å². The van der Waals surface area contributed by atoms with Gasteiger partial charge in [-0.25, -0.2) is 0 Å². The molecule has 6 heteroatoms. The zero-order valence-corrected chi connectivity index (χ0v) is 14.4. The van der Waals surface area contributed by atoms with Gasteiger partial charge in [-0.1, -0.05) is 0 Å². The molecule has 0 aromatic carbocycles. The van der Waals surface area contributed by atoms with Gasteiger partial charge in [-0.2, -0.15) is 0 Å². The summed E-state index contributed by atoms with van der Waals surface area (Å²) in [7, 11) is 0. The van der Waals surface area contributed by atoms with Gasteiger partial charge in [0.05, 0.1) is 12.3 Å². The van der Waals surface area contributed by atoms with E-state index in [9.17, 15) is 0 Å². The van der Waals surface area contributed by atoms with Crippen molar-refractivity contribution in [2.24, 2.45) is 5.73 Å². The molecule has 2 N–H and O–H groups in total. The number of pyridine rings is 1. The van der Waals surface area contributed by atoms with E-state index in [1.54, 1.807) is 0 Å². The molecule has 2 aromatic heterocycles. The molecule has 1 aliphatic carbocycles. The third-order valence-electron chi connectivity index (χ3n) is 5.44. The highest BCUT2D eigenvalue weighted by Gasteiger charge is 2.24. The second kappa shape index (κ2) is 6.59. The molecule has 130 valence electrons. The minimum Gasteiger partial charge on any atom is -0.489 e. The van der Waals surface area contributed by atoms with Crippen molar-refractivity contribution in [3.8, 4) is 5.75 Å². The highest BCUT2D eigenvalue weighted by atomic mass is 16.5. The molecule has 2 aromatic rings. The van der Waals surface area contributed by atoms with Crippen LogP contribution in [0.2, 0.25) is 0 Å². The lowest BCUT2D eigenvalue weighted by Crippen LogP contribution is -2.38. The van der Waals surface area contributed by atoms with E-state index in [4.69, 9.17) is 10.5 Å². The van der Waals surface area contributed by atoms with Crippen molar-refractivity contribution >= 4 is 11.6 Å². The van der Waals surface area contributed by atoms with E-state index >= 15 is 0 Å². The van der Waals surface area contributed by atoms with E-state index in [1.807, 2.05) is 18.3 Å². The Bertz CT molecular complexity index is 692. The van der Waals surface area contributed by atoms with Crippen molar-refractivity contribution in [3.63, 3.8) is 0 Å². The standard InChI is InChI=1S/C18H27N5O/c1-13-4-2-3-11-22(13)18-21-20-17-10-9-16(12-23(17)18)24-15-7-5-14(19)6-8-15/h9-10,12-15H,2-8,11,19H2,1H3/t13-,14-,15-/m0/s1. The van der Waals surface area contributed by atoms with Crippen LogP contribution < -0.4 is 15.4 Å². The lowest BCUT2D eigenvalue weighted by Gasteiger charge is -2.33. The van der Waals surface area contributed by atoms with Gasteiger partial charge < -0.3 is 15.4 Å². The number of anilines is 1. The zero-order valence-electron chi connectivity index (χ0n) is 14.4. The molecule has 0 spiro atoms. The lowest BCUT2D eigenvalue weighted by molar-refractivity contribution is 0.146. The van der Waals surface area contributed by atoms with Gasteiger partial charge in [0.25, 0.3) is 0 Å². The Hall–Kier alpha value is -1.82. The van der Waals surface area contributed by atoms with Crippen LogP contribution >= 0.6 is 0 Å².